The highest BCUT2D eigenvalue weighted by Crippen LogP contribution is 2.47. The first-order valence-electron chi connectivity index (χ1n) is 11.8. The predicted molar refractivity (Wildman–Crippen MR) is 126 cm³/mol. The molecule has 2 fully saturated rings. The normalized spacial score (nSPS) is 23.2. The number of carboxylic acids is 1. The largest absolute Gasteiger partial charge is 0.479 e. The molecule has 2 bridgehead atoms. The molecule has 34 heavy (non-hydrogen) atoms. The van der Waals surface area contributed by atoms with Crippen LogP contribution in [0.1, 0.15) is 49.1 Å². The minimum absolute atomic E-state index is 0.0867. The zero-order valence-corrected chi connectivity index (χ0v) is 18.9. The molecule has 5 rings (SSSR count). The van der Waals surface area contributed by atoms with Crippen molar-refractivity contribution in [3.8, 4) is 11.1 Å². The van der Waals surface area contributed by atoms with Gasteiger partial charge in [0.2, 0.25) is 5.91 Å². The Balaban J connectivity index is 1.29. The standard InChI is InChI=1S/C27H28N2O5/c1-2-7-23(24(30)29-17-12-14-27(29,15-13-17)25(31)32)28-26(33)34-16-22-20-10-5-3-8-18(20)19-9-4-6-11-21(19)22/h2-6,8-11,17,22-23H,1,7,12-16H2,(H,28,33)(H,31,32). The molecule has 1 aliphatic carbocycles. The first-order valence-corrected chi connectivity index (χ1v) is 11.8. The monoisotopic (exact) mass is 460 g/mol. The quantitative estimate of drug-likeness (QED) is 0.607. The third-order valence-corrected chi connectivity index (χ3v) is 7.58. The van der Waals surface area contributed by atoms with Crippen LogP contribution in [0.25, 0.3) is 11.1 Å². The summed E-state index contributed by atoms with van der Waals surface area (Å²) in [6.45, 7) is 3.84. The molecule has 2 aromatic rings. The summed E-state index contributed by atoms with van der Waals surface area (Å²) in [5.41, 5.74) is 3.31. The molecule has 7 heteroatoms. The number of carbonyl (C=O) groups is 3. The van der Waals surface area contributed by atoms with Crippen molar-refractivity contribution in [2.45, 2.75) is 55.6 Å². The first kappa shape index (κ1) is 22.2. The van der Waals surface area contributed by atoms with Crippen molar-refractivity contribution >= 4 is 18.0 Å². The molecule has 1 unspecified atom stereocenters. The fourth-order valence-corrected chi connectivity index (χ4v) is 5.97. The van der Waals surface area contributed by atoms with Crippen LogP contribution in [0.4, 0.5) is 4.79 Å². The summed E-state index contributed by atoms with van der Waals surface area (Å²) in [4.78, 5) is 39.7. The number of carboxylic acid groups (broad SMARTS) is 1. The topological polar surface area (TPSA) is 95.9 Å². The van der Waals surface area contributed by atoms with Gasteiger partial charge >= 0.3 is 12.1 Å². The number of ether oxygens (including phenoxy) is 1. The average Bonchev–Trinajstić information content (AvgIpc) is 3.51. The third kappa shape index (κ3) is 3.47. The van der Waals surface area contributed by atoms with E-state index in [0.29, 0.717) is 25.7 Å². The number of alkyl carbamates (subject to hydrolysis) is 1. The van der Waals surface area contributed by atoms with E-state index in [9.17, 15) is 19.5 Å². The van der Waals surface area contributed by atoms with Crippen molar-refractivity contribution in [3.63, 3.8) is 0 Å². The minimum Gasteiger partial charge on any atom is -0.479 e. The van der Waals surface area contributed by atoms with Crippen molar-refractivity contribution in [1.29, 1.82) is 0 Å². The summed E-state index contributed by atoms with van der Waals surface area (Å²) in [7, 11) is 0. The van der Waals surface area contributed by atoms with E-state index in [1.807, 2.05) is 36.4 Å². The van der Waals surface area contributed by atoms with Gasteiger partial charge in [0.25, 0.3) is 0 Å². The molecular weight excluding hydrogens is 432 g/mol. The van der Waals surface area contributed by atoms with E-state index in [1.54, 1.807) is 6.08 Å². The number of hydrogen-bond donors (Lipinski definition) is 2. The second-order valence-corrected chi connectivity index (χ2v) is 9.32. The zero-order valence-electron chi connectivity index (χ0n) is 18.9. The molecule has 0 radical (unpaired) electrons. The maximum absolute atomic E-state index is 13.4. The molecule has 2 saturated heterocycles. The third-order valence-electron chi connectivity index (χ3n) is 7.58. The number of fused-ring (bicyclic) bond motifs is 5. The van der Waals surface area contributed by atoms with Crippen LogP contribution in [0.3, 0.4) is 0 Å². The molecule has 0 spiro atoms. The van der Waals surface area contributed by atoms with E-state index in [4.69, 9.17) is 4.74 Å². The van der Waals surface area contributed by atoms with E-state index < -0.39 is 23.6 Å². The fourth-order valence-electron chi connectivity index (χ4n) is 5.97. The molecule has 176 valence electrons. The second kappa shape index (κ2) is 8.63. The van der Waals surface area contributed by atoms with Crippen molar-refractivity contribution in [1.82, 2.24) is 10.2 Å². The summed E-state index contributed by atoms with van der Waals surface area (Å²) >= 11 is 0. The Labute approximate surface area is 198 Å². The van der Waals surface area contributed by atoms with Crippen LogP contribution in [0.2, 0.25) is 0 Å². The van der Waals surface area contributed by atoms with Crippen LogP contribution < -0.4 is 5.32 Å². The number of nitrogens with zero attached hydrogens (tertiary/aromatic N) is 1. The van der Waals surface area contributed by atoms with Crippen LogP contribution in [0.5, 0.6) is 0 Å². The van der Waals surface area contributed by atoms with Gasteiger partial charge in [-0.15, -0.1) is 6.58 Å². The first-order chi connectivity index (χ1) is 16.5. The average molecular weight is 461 g/mol. The summed E-state index contributed by atoms with van der Waals surface area (Å²) < 4.78 is 5.60. The van der Waals surface area contributed by atoms with E-state index in [0.717, 1.165) is 22.3 Å². The Hall–Kier alpha value is -3.61. The fraction of sp³-hybridized carbons (Fsp3) is 0.370. The molecule has 0 aromatic heterocycles. The smallest absolute Gasteiger partial charge is 0.407 e. The van der Waals surface area contributed by atoms with Gasteiger partial charge in [-0.1, -0.05) is 54.6 Å². The Morgan fingerprint density at radius 2 is 1.68 bits per heavy atom. The van der Waals surface area contributed by atoms with Crippen LogP contribution in [0.15, 0.2) is 61.2 Å². The summed E-state index contributed by atoms with van der Waals surface area (Å²) in [6.07, 6.45) is 3.29. The minimum atomic E-state index is -1.16. The highest BCUT2D eigenvalue weighted by molar-refractivity contribution is 5.93. The van der Waals surface area contributed by atoms with Gasteiger partial charge in [-0.2, -0.15) is 0 Å². The van der Waals surface area contributed by atoms with Crippen molar-refractivity contribution in [2.24, 2.45) is 0 Å². The molecule has 2 amide bonds. The van der Waals surface area contributed by atoms with Crippen molar-refractivity contribution in [2.75, 3.05) is 6.61 Å². The number of benzene rings is 2. The van der Waals surface area contributed by atoms with E-state index >= 15 is 0 Å². The summed E-state index contributed by atoms with van der Waals surface area (Å²) in [5.74, 6) is -1.44. The number of amides is 2. The molecule has 2 aromatic carbocycles. The predicted octanol–water partition coefficient (Wildman–Crippen LogP) is 4.08. The maximum atomic E-state index is 13.4. The van der Waals surface area contributed by atoms with Crippen molar-refractivity contribution < 1.29 is 24.2 Å². The lowest BCUT2D eigenvalue weighted by atomic mass is 9.88. The lowest BCUT2D eigenvalue weighted by molar-refractivity contribution is -0.156. The van der Waals surface area contributed by atoms with Crippen LogP contribution in [-0.4, -0.2) is 52.2 Å². The lowest BCUT2D eigenvalue weighted by Gasteiger charge is -2.33. The second-order valence-electron chi connectivity index (χ2n) is 9.32. The Morgan fingerprint density at radius 3 is 2.24 bits per heavy atom. The molecule has 2 heterocycles. The highest BCUT2D eigenvalue weighted by Gasteiger charge is 2.59. The number of hydrogen-bond acceptors (Lipinski definition) is 4. The Bertz CT molecular complexity index is 1110. The number of carbonyl (C=O) groups excluding carboxylic acids is 2. The zero-order chi connectivity index (χ0) is 23.9. The van der Waals surface area contributed by atoms with Gasteiger partial charge in [0.15, 0.2) is 0 Å². The van der Waals surface area contributed by atoms with Crippen molar-refractivity contribution in [3.05, 3.63) is 72.3 Å². The molecule has 2 aliphatic heterocycles. The van der Waals surface area contributed by atoms with Gasteiger partial charge < -0.3 is 20.1 Å². The lowest BCUT2D eigenvalue weighted by Crippen LogP contribution is -2.57. The summed E-state index contributed by atoms with van der Waals surface area (Å²) in [6, 6.07) is 15.1. The van der Waals surface area contributed by atoms with Crippen LogP contribution in [0, 0.1) is 0 Å². The van der Waals surface area contributed by atoms with Gasteiger partial charge in [-0.25, -0.2) is 9.59 Å². The highest BCUT2D eigenvalue weighted by atomic mass is 16.5. The molecule has 0 saturated carbocycles. The van der Waals surface area contributed by atoms with Gasteiger partial charge in [0.05, 0.1) is 0 Å². The van der Waals surface area contributed by atoms with Crippen LogP contribution in [-0.2, 0) is 14.3 Å². The van der Waals surface area contributed by atoms with Gasteiger partial charge in [-0.05, 0) is 54.4 Å². The summed E-state index contributed by atoms with van der Waals surface area (Å²) in [5, 5.41) is 12.5. The molecule has 1 atom stereocenters. The Kier molecular flexibility index (Phi) is 5.63. The number of rotatable bonds is 7. The van der Waals surface area contributed by atoms with Gasteiger partial charge in [0.1, 0.15) is 18.2 Å². The van der Waals surface area contributed by atoms with Gasteiger partial charge in [0, 0.05) is 12.0 Å². The molecular formula is C27H28N2O5. The molecule has 7 nitrogen and oxygen atoms in total. The van der Waals surface area contributed by atoms with E-state index in [-0.39, 0.29) is 30.9 Å². The molecule has 2 N–H and O–H groups in total. The Morgan fingerprint density at radius 1 is 1.09 bits per heavy atom. The number of nitrogens with one attached hydrogen (secondary N) is 1. The number of aliphatic carboxylic acids is 1. The van der Waals surface area contributed by atoms with Gasteiger partial charge in [-0.3, -0.25) is 4.79 Å². The molecule has 3 aliphatic rings. The maximum Gasteiger partial charge on any atom is 0.407 e. The van der Waals surface area contributed by atoms with E-state index in [2.05, 4.69) is 24.0 Å². The SMILES string of the molecule is C=CCC(NC(=O)OCC1c2ccccc2-c2ccccc21)C(=O)N1C2CCC1(C(=O)O)CC2. The van der Waals surface area contributed by atoms with Crippen LogP contribution >= 0.6 is 0 Å². The van der Waals surface area contributed by atoms with E-state index in [1.165, 1.54) is 4.90 Å².